The number of sulfone groups is 1. The maximum Gasteiger partial charge on any atom is 0.422 e. The molecule has 0 saturated carbocycles. The van der Waals surface area contributed by atoms with E-state index in [0.717, 1.165) is 6.07 Å². The van der Waals surface area contributed by atoms with Crippen LogP contribution in [0.2, 0.25) is 5.02 Å². The number of alkyl halides is 3. The van der Waals surface area contributed by atoms with Gasteiger partial charge >= 0.3 is 6.18 Å². The van der Waals surface area contributed by atoms with Crippen molar-refractivity contribution in [3.8, 4) is 17.4 Å². The Bertz CT molecular complexity index is 1410. The van der Waals surface area contributed by atoms with Gasteiger partial charge in [-0.15, -0.1) is 5.10 Å². The van der Waals surface area contributed by atoms with E-state index < -0.39 is 34.1 Å². The lowest BCUT2D eigenvalue weighted by molar-refractivity contribution is -0.153. The number of aryl methyl sites for hydroxylation is 1. The standard InChI is InChI=1S/C21H21ClF3N5O5S/c1-12-14(35-19-15(9-13(22)10-26-19)34-11-21(23,24)25)3-4-16-27-17(29-30(12)16)18(31)28-20(2)5-7-36(32,33)8-6-20/h3-4,9-10H,5-8,11H2,1-2H3,(H,28,31). The summed E-state index contributed by atoms with van der Waals surface area (Å²) in [6.07, 6.45) is -2.83. The SMILES string of the molecule is Cc1c(Oc2ncc(Cl)cc2OCC(F)(F)F)ccc2nc(C(=O)NC3(C)CCS(=O)(=O)CC3)nn12. The Morgan fingerprint density at radius 2 is 1.94 bits per heavy atom. The molecule has 0 aromatic carbocycles. The van der Waals surface area contributed by atoms with Gasteiger partial charge in [0, 0.05) is 17.8 Å². The van der Waals surface area contributed by atoms with E-state index in [1.807, 2.05) is 0 Å². The largest absolute Gasteiger partial charge is 0.478 e. The van der Waals surface area contributed by atoms with Gasteiger partial charge in [-0.1, -0.05) is 11.6 Å². The molecule has 0 aliphatic carbocycles. The van der Waals surface area contributed by atoms with Crippen molar-refractivity contribution < 1.29 is 35.9 Å². The molecule has 1 saturated heterocycles. The van der Waals surface area contributed by atoms with E-state index >= 15 is 0 Å². The maximum atomic E-state index is 12.8. The third-order valence-corrected chi connectivity index (χ3v) is 7.48. The van der Waals surface area contributed by atoms with Gasteiger partial charge in [0.25, 0.3) is 11.8 Å². The number of rotatable bonds is 6. The van der Waals surface area contributed by atoms with E-state index in [4.69, 9.17) is 21.1 Å². The Morgan fingerprint density at radius 1 is 1.25 bits per heavy atom. The second-order valence-corrected chi connectivity index (χ2v) is 11.4. The molecule has 0 radical (unpaired) electrons. The number of carbonyl (C=O) groups excluding carboxylic acids is 1. The van der Waals surface area contributed by atoms with Crippen molar-refractivity contribution in [2.45, 2.75) is 38.4 Å². The molecule has 36 heavy (non-hydrogen) atoms. The van der Waals surface area contributed by atoms with Crippen molar-refractivity contribution in [2.24, 2.45) is 0 Å². The Balaban J connectivity index is 1.55. The summed E-state index contributed by atoms with van der Waals surface area (Å²) in [5.74, 6) is -1.11. The molecule has 1 amide bonds. The van der Waals surface area contributed by atoms with Gasteiger partial charge in [-0.3, -0.25) is 4.79 Å². The van der Waals surface area contributed by atoms with Crippen molar-refractivity contribution in [3.05, 3.63) is 40.9 Å². The predicted octanol–water partition coefficient (Wildman–Crippen LogP) is 3.52. The second kappa shape index (κ2) is 9.39. The monoisotopic (exact) mass is 547 g/mol. The summed E-state index contributed by atoms with van der Waals surface area (Å²) >= 11 is 5.84. The molecule has 4 rings (SSSR count). The van der Waals surface area contributed by atoms with Crippen LogP contribution in [-0.4, -0.2) is 63.7 Å². The van der Waals surface area contributed by atoms with E-state index in [9.17, 15) is 26.4 Å². The molecule has 4 heterocycles. The molecule has 15 heteroatoms. The zero-order valence-corrected chi connectivity index (χ0v) is 20.7. The van der Waals surface area contributed by atoms with Crippen molar-refractivity contribution >= 4 is 33.0 Å². The number of fused-ring (bicyclic) bond motifs is 1. The number of carbonyl (C=O) groups is 1. The maximum absolute atomic E-state index is 12.8. The number of amides is 1. The van der Waals surface area contributed by atoms with Crippen LogP contribution in [0.4, 0.5) is 13.2 Å². The summed E-state index contributed by atoms with van der Waals surface area (Å²) in [4.78, 5) is 20.9. The van der Waals surface area contributed by atoms with Crippen molar-refractivity contribution in [1.82, 2.24) is 24.9 Å². The van der Waals surface area contributed by atoms with E-state index in [1.165, 1.54) is 22.8 Å². The molecular formula is C21H21ClF3N5O5S. The third kappa shape index (κ3) is 5.98. The van der Waals surface area contributed by atoms with Crippen LogP contribution in [0, 0.1) is 6.92 Å². The Morgan fingerprint density at radius 3 is 2.61 bits per heavy atom. The van der Waals surface area contributed by atoms with Crippen LogP contribution in [0.1, 0.15) is 36.1 Å². The molecule has 1 aliphatic rings. The van der Waals surface area contributed by atoms with Crippen LogP contribution in [0.15, 0.2) is 24.4 Å². The summed E-state index contributed by atoms with van der Waals surface area (Å²) in [5.41, 5.74) is -0.0115. The van der Waals surface area contributed by atoms with Crippen molar-refractivity contribution in [2.75, 3.05) is 18.1 Å². The molecule has 3 aromatic rings. The first-order chi connectivity index (χ1) is 16.7. The fraction of sp³-hybridized carbons (Fsp3) is 0.429. The molecule has 0 spiro atoms. The zero-order valence-electron chi connectivity index (χ0n) is 19.1. The van der Waals surface area contributed by atoms with Gasteiger partial charge in [0.15, 0.2) is 23.8 Å². The van der Waals surface area contributed by atoms with Crippen LogP contribution in [0.25, 0.3) is 5.65 Å². The highest BCUT2D eigenvalue weighted by atomic mass is 35.5. The van der Waals surface area contributed by atoms with Gasteiger partial charge in [0.2, 0.25) is 5.82 Å². The summed E-state index contributed by atoms with van der Waals surface area (Å²) < 4.78 is 73.1. The number of hydrogen-bond donors (Lipinski definition) is 1. The molecule has 10 nitrogen and oxygen atoms in total. The van der Waals surface area contributed by atoms with Crippen LogP contribution >= 0.6 is 11.6 Å². The average molecular weight is 548 g/mol. The average Bonchev–Trinajstić information content (AvgIpc) is 3.23. The smallest absolute Gasteiger partial charge is 0.422 e. The molecule has 0 bridgehead atoms. The highest BCUT2D eigenvalue weighted by molar-refractivity contribution is 7.91. The first-order valence-corrected chi connectivity index (χ1v) is 12.9. The minimum absolute atomic E-state index is 0.0183. The molecule has 1 N–H and O–H groups in total. The van der Waals surface area contributed by atoms with Crippen LogP contribution in [-0.2, 0) is 9.84 Å². The second-order valence-electron chi connectivity index (χ2n) is 8.62. The number of nitrogens with zero attached hydrogens (tertiary/aromatic N) is 4. The zero-order chi connectivity index (χ0) is 26.3. The minimum atomic E-state index is -4.57. The Kier molecular flexibility index (Phi) is 6.77. The van der Waals surface area contributed by atoms with E-state index in [1.54, 1.807) is 13.8 Å². The van der Waals surface area contributed by atoms with Gasteiger partial charge < -0.3 is 14.8 Å². The van der Waals surface area contributed by atoms with E-state index in [2.05, 4.69) is 20.4 Å². The predicted molar refractivity (Wildman–Crippen MR) is 122 cm³/mol. The molecule has 0 unspecified atom stereocenters. The molecule has 1 aliphatic heterocycles. The van der Waals surface area contributed by atoms with Crippen molar-refractivity contribution in [1.29, 1.82) is 0 Å². The summed E-state index contributed by atoms with van der Waals surface area (Å²) in [5, 5.41) is 7.10. The minimum Gasteiger partial charge on any atom is -0.478 e. The highest BCUT2D eigenvalue weighted by Crippen LogP contribution is 2.34. The molecule has 3 aromatic heterocycles. The number of halogens is 4. The first-order valence-electron chi connectivity index (χ1n) is 10.7. The summed E-state index contributed by atoms with van der Waals surface area (Å²) in [7, 11) is -3.11. The van der Waals surface area contributed by atoms with Crippen LogP contribution in [0.3, 0.4) is 0 Å². The van der Waals surface area contributed by atoms with Gasteiger partial charge in [-0.05, 0) is 38.8 Å². The highest BCUT2D eigenvalue weighted by Gasteiger charge is 2.35. The quantitative estimate of drug-likeness (QED) is 0.497. The lowest BCUT2D eigenvalue weighted by Crippen LogP contribution is -2.51. The normalized spacial score (nSPS) is 17.1. The van der Waals surface area contributed by atoms with Gasteiger partial charge in [0.1, 0.15) is 9.84 Å². The van der Waals surface area contributed by atoms with Crippen LogP contribution < -0.4 is 14.8 Å². The topological polar surface area (TPSA) is 125 Å². The molecule has 0 atom stereocenters. The van der Waals surface area contributed by atoms with Gasteiger partial charge in [-0.25, -0.2) is 22.9 Å². The van der Waals surface area contributed by atoms with E-state index in [0.29, 0.717) is 11.3 Å². The Hall–Kier alpha value is -3.13. The number of pyridine rings is 2. The lowest BCUT2D eigenvalue weighted by atomic mass is 9.95. The molecule has 1 fully saturated rings. The first kappa shape index (κ1) is 25.9. The summed E-state index contributed by atoms with van der Waals surface area (Å²) in [6.45, 7) is 1.82. The number of hydrogen-bond acceptors (Lipinski definition) is 8. The number of aromatic nitrogens is 4. The van der Waals surface area contributed by atoms with Gasteiger partial charge in [-0.2, -0.15) is 13.2 Å². The van der Waals surface area contributed by atoms with E-state index in [-0.39, 0.29) is 52.6 Å². The van der Waals surface area contributed by atoms with Crippen LogP contribution in [0.5, 0.6) is 17.4 Å². The van der Waals surface area contributed by atoms with Gasteiger partial charge in [0.05, 0.1) is 22.2 Å². The van der Waals surface area contributed by atoms with Crippen molar-refractivity contribution in [3.63, 3.8) is 0 Å². The molecule has 194 valence electrons. The summed E-state index contributed by atoms with van der Waals surface area (Å²) in [6, 6.07) is 4.16. The fourth-order valence-corrected chi connectivity index (χ4v) is 5.43. The lowest BCUT2D eigenvalue weighted by Gasteiger charge is -2.33. The molecular weight excluding hydrogens is 527 g/mol. The number of ether oxygens (including phenoxy) is 2. The number of nitrogens with one attached hydrogen (secondary N) is 1. The fourth-order valence-electron chi connectivity index (χ4n) is 3.55. The Labute approximate surface area is 208 Å². The third-order valence-electron chi connectivity index (χ3n) is 5.62.